The molecule has 4 rings (SSSR count). The molecule has 1 amide bonds. The van der Waals surface area contributed by atoms with E-state index >= 15 is 0 Å². The number of likely N-dealkylation sites (tertiary alicyclic amines) is 1. The molecule has 0 aliphatic carbocycles. The van der Waals surface area contributed by atoms with Crippen molar-refractivity contribution in [3.8, 4) is 11.3 Å². The summed E-state index contributed by atoms with van der Waals surface area (Å²) in [6.45, 7) is 11.5. The number of amides is 1. The SMILES string of the molecule is CCCc1cc(-c2c(F)cccc2F)nnc1[C@@](C)(CC(C)C)c1ccnc(C2CCN(C(C)=O)CC2)n1. The van der Waals surface area contributed by atoms with Gasteiger partial charge in [-0.2, -0.15) is 5.10 Å². The summed E-state index contributed by atoms with van der Waals surface area (Å²) < 4.78 is 29.1. The average Bonchev–Trinajstić information content (AvgIpc) is 2.88. The zero-order valence-corrected chi connectivity index (χ0v) is 23.0. The van der Waals surface area contributed by atoms with E-state index in [1.54, 1.807) is 13.0 Å². The number of carbonyl (C=O) groups excluding carboxylic acids is 1. The van der Waals surface area contributed by atoms with E-state index in [1.807, 2.05) is 17.2 Å². The molecule has 1 aliphatic heterocycles. The molecule has 0 saturated carbocycles. The minimum absolute atomic E-state index is 0.100. The van der Waals surface area contributed by atoms with Crippen LogP contribution in [0.3, 0.4) is 0 Å². The van der Waals surface area contributed by atoms with Gasteiger partial charge in [0.15, 0.2) is 0 Å². The Morgan fingerprint density at radius 3 is 2.42 bits per heavy atom. The normalized spacial score (nSPS) is 16.1. The standard InChI is InChI=1S/C30H37F2N5O/c1-6-8-22-17-25(27-23(31)9-7-10-24(27)32)35-36-28(22)30(5,18-19(2)3)26-11-14-33-29(34-26)21-12-15-37(16-13-21)20(4)38/h7,9-11,14,17,19,21H,6,8,12-13,15-16,18H2,1-5H3/t30-/m0/s1. The van der Waals surface area contributed by atoms with Crippen molar-refractivity contribution in [3.05, 3.63) is 70.9 Å². The van der Waals surface area contributed by atoms with Gasteiger partial charge in [-0.25, -0.2) is 18.7 Å². The Hall–Kier alpha value is -3.29. The van der Waals surface area contributed by atoms with E-state index in [2.05, 4.69) is 42.9 Å². The first kappa shape index (κ1) is 27.7. The average molecular weight is 522 g/mol. The minimum atomic E-state index is -0.657. The molecule has 0 bridgehead atoms. The van der Waals surface area contributed by atoms with E-state index in [9.17, 15) is 13.6 Å². The molecule has 6 nitrogen and oxygen atoms in total. The number of rotatable bonds is 8. The molecule has 2 aromatic heterocycles. The first-order valence-corrected chi connectivity index (χ1v) is 13.5. The maximum Gasteiger partial charge on any atom is 0.219 e. The predicted octanol–water partition coefficient (Wildman–Crippen LogP) is 6.24. The second-order valence-corrected chi connectivity index (χ2v) is 11.0. The summed E-state index contributed by atoms with van der Waals surface area (Å²) in [7, 11) is 0. The number of nitrogens with zero attached hydrogens (tertiary/aromatic N) is 5. The monoisotopic (exact) mass is 521 g/mol. The number of hydrogen-bond donors (Lipinski definition) is 0. The van der Waals surface area contributed by atoms with Crippen molar-refractivity contribution in [3.63, 3.8) is 0 Å². The summed E-state index contributed by atoms with van der Waals surface area (Å²) in [5.74, 6) is 0.0872. The van der Waals surface area contributed by atoms with E-state index in [0.29, 0.717) is 25.4 Å². The van der Waals surface area contributed by atoms with E-state index < -0.39 is 17.0 Å². The lowest BCUT2D eigenvalue weighted by Crippen LogP contribution is -2.37. The number of aryl methyl sites for hydroxylation is 1. The number of benzene rings is 1. The van der Waals surface area contributed by atoms with Gasteiger partial charge >= 0.3 is 0 Å². The number of halogens is 2. The highest BCUT2D eigenvalue weighted by Crippen LogP contribution is 2.39. The highest BCUT2D eigenvalue weighted by Gasteiger charge is 2.37. The molecule has 3 aromatic rings. The molecule has 1 saturated heterocycles. The van der Waals surface area contributed by atoms with Crippen molar-refractivity contribution in [2.45, 2.75) is 78.1 Å². The third kappa shape index (κ3) is 5.74. The van der Waals surface area contributed by atoms with Crippen molar-refractivity contribution in [2.75, 3.05) is 13.1 Å². The summed E-state index contributed by atoms with van der Waals surface area (Å²) in [5.41, 5.74) is 2.02. The molecule has 0 N–H and O–H groups in total. The van der Waals surface area contributed by atoms with Gasteiger partial charge in [0.05, 0.1) is 28.1 Å². The van der Waals surface area contributed by atoms with E-state index in [4.69, 9.17) is 4.98 Å². The Labute approximate surface area is 223 Å². The molecule has 0 unspecified atom stereocenters. The van der Waals surface area contributed by atoms with Gasteiger partial charge in [-0.05, 0) is 68.4 Å². The van der Waals surface area contributed by atoms with Crippen molar-refractivity contribution in [1.29, 1.82) is 0 Å². The van der Waals surface area contributed by atoms with Crippen molar-refractivity contribution >= 4 is 5.91 Å². The van der Waals surface area contributed by atoms with Gasteiger partial charge in [-0.1, -0.05) is 33.3 Å². The number of hydrogen-bond acceptors (Lipinski definition) is 5. The van der Waals surface area contributed by atoms with Crippen LogP contribution >= 0.6 is 0 Å². The molecular formula is C30H37F2N5O. The second-order valence-electron chi connectivity index (χ2n) is 11.0. The van der Waals surface area contributed by atoms with Crippen LogP contribution in [0.4, 0.5) is 8.78 Å². The van der Waals surface area contributed by atoms with Crippen LogP contribution in [0.15, 0.2) is 36.5 Å². The largest absolute Gasteiger partial charge is 0.343 e. The summed E-state index contributed by atoms with van der Waals surface area (Å²) in [5, 5.41) is 8.98. The molecule has 0 spiro atoms. The van der Waals surface area contributed by atoms with Crippen LogP contribution < -0.4 is 0 Å². The molecule has 1 fully saturated rings. The van der Waals surface area contributed by atoms with Crippen LogP contribution in [0.2, 0.25) is 0 Å². The highest BCUT2D eigenvalue weighted by molar-refractivity contribution is 5.73. The predicted molar refractivity (Wildman–Crippen MR) is 144 cm³/mol. The number of carbonyl (C=O) groups is 1. The first-order chi connectivity index (χ1) is 18.1. The fourth-order valence-electron chi connectivity index (χ4n) is 5.69. The Balaban J connectivity index is 1.77. The lowest BCUT2D eigenvalue weighted by atomic mass is 9.74. The zero-order valence-electron chi connectivity index (χ0n) is 23.0. The highest BCUT2D eigenvalue weighted by atomic mass is 19.1. The van der Waals surface area contributed by atoms with Gasteiger partial charge in [-0.15, -0.1) is 5.10 Å². The van der Waals surface area contributed by atoms with Gasteiger partial charge in [-0.3, -0.25) is 4.79 Å². The van der Waals surface area contributed by atoms with Crippen molar-refractivity contribution in [1.82, 2.24) is 25.1 Å². The third-order valence-corrected chi connectivity index (χ3v) is 7.50. The Bertz CT molecular complexity index is 1270. The van der Waals surface area contributed by atoms with Gasteiger partial charge < -0.3 is 4.90 Å². The molecular weight excluding hydrogens is 484 g/mol. The molecule has 3 heterocycles. The fourth-order valence-corrected chi connectivity index (χ4v) is 5.69. The van der Waals surface area contributed by atoms with Crippen LogP contribution in [0, 0.1) is 17.6 Å². The number of aromatic nitrogens is 4. The van der Waals surface area contributed by atoms with Gasteiger partial charge in [0, 0.05) is 32.1 Å². The smallest absolute Gasteiger partial charge is 0.219 e. The molecule has 8 heteroatoms. The first-order valence-electron chi connectivity index (χ1n) is 13.5. The topological polar surface area (TPSA) is 71.9 Å². The lowest BCUT2D eigenvalue weighted by Gasteiger charge is -2.33. The Morgan fingerprint density at radius 1 is 1.13 bits per heavy atom. The maximum atomic E-state index is 14.6. The van der Waals surface area contributed by atoms with Crippen LogP contribution in [-0.2, 0) is 16.6 Å². The Kier molecular flexibility index (Phi) is 8.48. The van der Waals surface area contributed by atoms with Crippen LogP contribution in [0.25, 0.3) is 11.3 Å². The van der Waals surface area contributed by atoms with E-state index in [1.165, 1.54) is 18.2 Å². The summed E-state index contributed by atoms with van der Waals surface area (Å²) >= 11 is 0. The molecule has 0 radical (unpaired) electrons. The Morgan fingerprint density at radius 2 is 1.82 bits per heavy atom. The summed E-state index contributed by atoms with van der Waals surface area (Å²) in [6.07, 6.45) is 5.78. The molecule has 38 heavy (non-hydrogen) atoms. The maximum absolute atomic E-state index is 14.6. The third-order valence-electron chi connectivity index (χ3n) is 7.50. The number of piperidine rings is 1. The summed E-state index contributed by atoms with van der Waals surface area (Å²) in [6, 6.07) is 7.54. The zero-order chi connectivity index (χ0) is 27.4. The van der Waals surface area contributed by atoms with Crippen molar-refractivity contribution < 1.29 is 13.6 Å². The molecule has 202 valence electrons. The van der Waals surface area contributed by atoms with Crippen LogP contribution in [0.5, 0.6) is 0 Å². The molecule has 1 aliphatic rings. The molecule has 1 atom stereocenters. The quantitative estimate of drug-likeness (QED) is 0.351. The molecule has 1 aromatic carbocycles. The minimum Gasteiger partial charge on any atom is -0.343 e. The van der Waals surface area contributed by atoms with Crippen LogP contribution in [0.1, 0.15) is 89.0 Å². The second kappa shape index (κ2) is 11.6. The van der Waals surface area contributed by atoms with E-state index in [0.717, 1.165) is 48.5 Å². The van der Waals surface area contributed by atoms with Gasteiger partial charge in [0.25, 0.3) is 0 Å². The van der Waals surface area contributed by atoms with Crippen LogP contribution in [-0.4, -0.2) is 44.1 Å². The van der Waals surface area contributed by atoms with Gasteiger partial charge in [0.1, 0.15) is 17.5 Å². The van der Waals surface area contributed by atoms with E-state index in [-0.39, 0.29) is 23.1 Å². The van der Waals surface area contributed by atoms with Crippen molar-refractivity contribution in [2.24, 2.45) is 5.92 Å². The summed E-state index contributed by atoms with van der Waals surface area (Å²) in [4.78, 5) is 23.3. The fraction of sp³-hybridized carbons (Fsp3) is 0.500. The van der Waals surface area contributed by atoms with Gasteiger partial charge in [0.2, 0.25) is 5.91 Å². The lowest BCUT2D eigenvalue weighted by molar-refractivity contribution is -0.129.